The number of benzene rings is 1. The van der Waals surface area contributed by atoms with Crippen molar-refractivity contribution in [2.75, 3.05) is 6.54 Å². The smallest absolute Gasteiger partial charge is 0.262 e. The van der Waals surface area contributed by atoms with Gasteiger partial charge in [-0.3, -0.25) is 9.36 Å². The van der Waals surface area contributed by atoms with Gasteiger partial charge < -0.3 is 10.4 Å². The molecule has 1 aromatic carbocycles. The van der Waals surface area contributed by atoms with Gasteiger partial charge in [0.25, 0.3) is 5.56 Å². The normalized spacial score (nSPS) is 17.3. The minimum atomic E-state index is -0.665. The Labute approximate surface area is 150 Å². The number of aromatic nitrogens is 2. The molecule has 5 nitrogen and oxygen atoms in total. The lowest BCUT2D eigenvalue weighted by atomic mass is 9.95. The van der Waals surface area contributed by atoms with Crippen LogP contribution in [0.25, 0.3) is 10.9 Å². The second-order valence-electron chi connectivity index (χ2n) is 6.35. The zero-order valence-electron chi connectivity index (χ0n) is 13.3. The van der Waals surface area contributed by atoms with Crippen molar-refractivity contribution >= 4 is 34.1 Å². The van der Waals surface area contributed by atoms with Crippen molar-refractivity contribution in [2.45, 2.75) is 50.8 Å². The van der Waals surface area contributed by atoms with Gasteiger partial charge in [0, 0.05) is 12.6 Å². The lowest BCUT2D eigenvalue weighted by Crippen LogP contribution is -2.39. The van der Waals surface area contributed by atoms with Gasteiger partial charge in [-0.15, -0.1) is 0 Å². The molecule has 1 heterocycles. The fourth-order valence-corrected chi connectivity index (χ4v) is 3.61. The quantitative estimate of drug-likeness (QED) is 0.849. The van der Waals surface area contributed by atoms with Crippen LogP contribution in [0.2, 0.25) is 10.0 Å². The summed E-state index contributed by atoms with van der Waals surface area (Å²) in [6.45, 7) is 0.628. The monoisotopic (exact) mass is 369 g/mol. The zero-order valence-corrected chi connectivity index (χ0v) is 14.9. The molecule has 1 aliphatic carbocycles. The molecule has 0 saturated heterocycles. The Morgan fingerprint density at radius 3 is 2.79 bits per heavy atom. The topological polar surface area (TPSA) is 67.2 Å². The molecule has 130 valence electrons. The van der Waals surface area contributed by atoms with Crippen molar-refractivity contribution in [2.24, 2.45) is 0 Å². The van der Waals surface area contributed by atoms with E-state index in [1.54, 1.807) is 12.1 Å². The van der Waals surface area contributed by atoms with Crippen LogP contribution in [0.15, 0.2) is 23.3 Å². The first kappa shape index (κ1) is 17.7. The minimum absolute atomic E-state index is 0.171. The lowest BCUT2D eigenvalue weighted by molar-refractivity contribution is 0.142. The molecule has 1 unspecified atom stereocenters. The van der Waals surface area contributed by atoms with E-state index < -0.39 is 6.10 Å². The Morgan fingerprint density at radius 1 is 1.29 bits per heavy atom. The van der Waals surface area contributed by atoms with E-state index in [-0.39, 0.29) is 17.1 Å². The number of halogens is 2. The average Bonchev–Trinajstić information content (AvgIpc) is 2.59. The number of hydrogen-bond acceptors (Lipinski definition) is 4. The number of fused-ring (bicyclic) bond motifs is 1. The summed E-state index contributed by atoms with van der Waals surface area (Å²) in [5.74, 6) is 0. The van der Waals surface area contributed by atoms with Crippen molar-refractivity contribution in [1.82, 2.24) is 14.9 Å². The highest BCUT2D eigenvalue weighted by molar-refractivity contribution is 6.45. The predicted octanol–water partition coefficient (Wildman–Crippen LogP) is 2.99. The number of nitrogens with one attached hydrogen (secondary N) is 1. The van der Waals surface area contributed by atoms with E-state index in [0.717, 1.165) is 12.8 Å². The highest BCUT2D eigenvalue weighted by Gasteiger charge is 2.16. The molecule has 1 saturated carbocycles. The third-order valence-electron chi connectivity index (χ3n) is 4.54. The van der Waals surface area contributed by atoms with Crippen LogP contribution in [0.5, 0.6) is 0 Å². The first-order chi connectivity index (χ1) is 11.6. The summed E-state index contributed by atoms with van der Waals surface area (Å²) < 4.78 is 1.39. The summed E-state index contributed by atoms with van der Waals surface area (Å²) in [7, 11) is 0. The van der Waals surface area contributed by atoms with Crippen LogP contribution in [0.3, 0.4) is 0 Å². The highest BCUT2D eigenvalue weighted by atomic mass is 35.5. The molecule has 0 bridgehead atoms. The Kier molecular flexibility index (Phi) is 5.76. The molecule has 1 aromatic heterocycles. The highest BCUT2D eigenvalue weighted by Crippen LogP contribution is 2.27. The molecular weight excluding hydrogens is 349 g/mol. The molecule has 2 N–H and O–H groups in total. The fraction of sp³-hybridized carbons (Fsp3) is 0.529. The van der Waals surface area contributed by atoms with Crippen LogP contribution in [0, 0.1) is 0 Å². The number of aliphatic hydroxyl groups excluding tert-OH is 1. The number of rotatable bonds is 5. The predicted molar refractivity (Wildman–Crippen MR) is 96.9 cm³/mol. The van der Waals surface area contributed by atoms with E-state index in [2.05, 4.69) is 10.3 Å². The molecule has 0 aliphatic heterocycles. The van der Waals surface area contributed by atoms with Crippen molar-refractivity contribution < 1.29 is 5.11 Å². The Balaban J connectivity index is 1.71. The average molecular weight is 370 g/mol. The van der Waals surface area contributed by atoms with Crippen LogP contribution >= 0.6 is 23.2 Å². The summed E-state index contributed by atoms with van der Waals surface area (Å²) in [4.78, 5) is 16.8. The van der Waals surface area contributed by atoms with E-state index in [0.29, 0.717) is 28.5 Å². The largest absolute Gasteiger partial charge is 0.390 e. The fourth-order valence-electron chi connectivity index (χ4n) is 3.21. The molecule has 3 rings (SSSR count). The molecule has 0 amide bonds. The van der Waals surface area contributed by atoms with Crippen molar-refractivity contribution in [3.8, 4) is 0 Å². The van der Waals surface area contributed by atoms with Crippen molar-refractivity contribution in [1.29, 1.82) is 0 Å². The van der Waals surface area contributed by atoms with E-state index in [1.807, 2.05) is 0 Å². The standard InChI is InChI=1S/C17H21Cl2N3O2/c18-13-6-7-14-15(16(13)19)17(24)22(10-21-14)9-12(23)8-20-11-4-2-1-3-5-11/h6-7,10-12,20,23H,1-5,8-9H2. The molecule has 7 heteroatoms. The van der Waals surface area contributed by atoms with Gasteiger partial charge in [0.15, 0.2) is 0 Å². The number of hydrogen-bond donors (Lipinski definition) is 2. The van der Waals surface area contributed by atoms with Crippen molar-refractivity contribution in [3.63, 3.8) is 0 Å². The Bertz CT molecular complexity index is 772. The minimum Gasteiger partial charge on any atom is -0.390 e. The van der Waals surface area contributed by atoms with Gasteiger partial charge >= 0.3 is 0 Å². The van der Waals surface area contributed by atoms with Gasteiger partial charge in [0.1, 0.15) is 0 Å². The lowest BCUT2D eigenvalue weighted by Gasteiger charge is -2.24. The van der Waals surface area contributed by atoms with Gasteiger partial charge in [-0.25, -0.2) is 4.98 Å². The zero-order chi connectivity index (χ0) is 17.1. The Hall–Kier alpha value is -1.14. The van der Waals surface area contributed by atoms with Crippen LogP contribution < -0.4 is 10.9 Å². The maximum atomic E-state index is 12.6. The summed E-state index contributed by atoms with van der Waals surface area (Å²) in [5, 5.41) is 14.4. The summed E-state index contributed by atoms with van der Waals surface area (Å²) in [6.07, 6.45) is 6.85. The molecule has 2 aromatic rings. The van der Waals surface area contributed by atoms with Gasteiger partial charge in [-0.05, 0) is 25.0 Å². The SMILES string of the molecule is O=c1c2c(Cl)c(Cl)ccc2ncn1CC(O)CNC1CCCCC1. The first-order valence-corrected chi connectivity index (χ1v) is 9.06. The second-order valence-corrected chi connectivity index (χ2v) is 7.14. The Morgan fingerprint density at radius 2 is 2.04 bits per heavy atom. The second kappa shape index (κ2) is 7.83. The van der Waals surface area contributed by atoms with Crippen LogP contribution in [-0.2, 0) is 6.54 Å². The van der Waals surface area contributed by atoms with Gasteiger partial charge in [0.05, 0.1) is 39.9 Å². The maximum absolute atomic E-state index is 12.6. The van der Waals surface area contributed by atoms with E-state index in [4.69, 9.17) is 23.2 Å². The third-order valence-corrected chi connectivity index (χ3v) is 5.34. The van der Waals surface area contributed by atoms with E-state index >= 15 is 0 Å². The van der Waals surface area contributed by atoms with Gasteiger partial charge in [-0.1, -0.05) is 42.5 Å². The number of aliphatic hydroxyl groups is 1. The van der Waals surface area contributed by atoms with Crippen LogP contribution in [0.4, 0.5) is 0 Å². The molecule has 1 atom stereocenters. The molecule has 0 spiro atoms. The summed E-state index contributed by atoms with van der Waals surface area (Å²) >= 11 is 12.1. The van der Waals surface area contributed by atoms with Crippen LogP contribution in [0.1, 0.15) is 32.1 Å². The van der Waals surface area contributed by atoms with Gasteiger partial charge in [0.2, 0.25) is 0 Å². The molecule has 24 heavy (non-hydrogen) atoms. The summed E-state index contributed by atoms with van der Waals surface area (Å²) in [5.41, 5.74) is 0.213. The van der Waals surface area contributed by atoms with Gasteiger partial charge in [-0.2, -0.15) is 0 Å². The molecule has 1 fully saturated rings. The molecular formula is C17H21Cl2N3O2. The number of nitrogens with zero attached hydrogens (tertiary/aromatic N) is 2. The van der Waals surface area contributed by atoms with E-state index in [9.17, 15) is 9.90 Å². The maximum Gasteiger partial charge on any atom is 0.262 e. The van der Waals surface area contributed by atoms with Crippen molar-refractivity contribution in [3.05, 3.63) is 38.9 Å². The molecule has 0 radical (unpaired) electrons. The first-order valence-electron chi connectivity index (χ1n) is 8.31. The molecule has 1 aliphatic rings. The van der Waals surface area contributed by atoms with E-state index in [1.165, 1.54) is 30.2 Å². The summed E-state index contributed by atoms with van der Waals surface area (Å²) in [6, 6.07) is 3.75. The third kappa shape index (κ3) is 3.91. The van der Waals surface area contributed by atoms with Crippen LogP contribution in [-0.4, -0.2) is 33.3 Å².